The summed E-state index contributed by atoms with van der Waals surface area (Å²) in [5.41, 5.74) is 1.17. The number of hydrogen-bond acceptors (Lipinski definition) is 2. The van der Waals surface area contributed by atoms with E-state index < -0.39 is 18.5 Å². The summed E-state index contributed by atoms with van der Waals surface area (Å²) in [6, 6.07) is 9.91. The summed E-state index contributed by atoms with van der Waals surface area (Å²) in [6.45, 7) is 3.42. The van der Waals surface area contributed by atoms with Crippen LogP contribution in [-0.2, 0) is 4.79 Å². The highest BCUT2D eigenvalue weighted by Gasteiger charge is 2.33. The maximum Gasteiger partial charge on any atom is 0.397 e. The van der Waals surface area contributed by atoms with Crippen molar-refractivity contribution in [3.8, 4) is 0 Å². The van der Waals surface area contributed by atoms with Crippen LogP contribution < -0.4 is 5.32 Å². The Bertz CT molecular complexity index is 476. The lowest BCUT2D eigenvalue weighted by Gasteiger charge is -2.24. The van der Waals surface area contributed by atoms with E-state index in [1.165, 1.54) is 5.56 Å². The topological polar surface area (TPSA) is 32.3 Å². The molecule has 6 heteroatoms. The molecular weight excluding hydrogens is 281 g/mol. The molecule has 21 heavy (non-hydrogen) atoms. The normalized spacial score (nSPS) is 21.2. The van der Waals surface area contributed by atoms with E-state index >= 15 is 0 Å². The minimum atomic E-state index is -4.44. The second-order valence-corrected chi connectivity index (χ2v) is 5.43. The van der Waals surface area contributed by atoms with Crippen molar-refractivity contribution in [2.75, 3.05) is 13.1 Å². The molecule has 1 N–H and O–H groups in total. The van der Waals surface area contributed by atoms with Crippen LogP contribution in [0.2, 0.25) is 0 Å². The monoisotopic (exact) mass is 300 g/mol. The van der Waals surface area contributed by atoms with Crippen LogP contribution in [0.4, 0.5) is 13.2 Å². The Hall–Kier alpha value is -1.56. The largest absolute Gasteiger partial charge is 0.397 e. The maximum atomic E-state index is 12.1. The molecule has 0 saturated carbocycles. The molecule has 0 aliphatic carbocycles. The second kappa shape index (κ2) is 6.47. The molecule has 2 rings (SSSR count). The van der Waals surface area contributed by atoms with Crippen molar-refractivity contribution in [3.05, 3.63) is 35.9 Å². The third-order valence-corrected chi connectivity index (χ3v) is 3.78. The van der Waals surface area contributed by atoms with Gasteiger partial charge < -0.3 is 5.32 Å². The van der Waals surface area contributed by atoms with Crippen LogP contribution in [0.5, 0.6) is 0 Å². The zero-order valence-electron chi connectivity index (χ0n) is 11.9. The zero-order valence-corrected chi connectivity index (χ0v) is 11.9. The van der Waals surface area contributed by atoms with Crippen molar-refractivity contribution in [2.45, 2.75) is 38.0 Å². The molecule has 0 spiro atoms. The third-order valence-electron chi connectivity index (χ3n) is 3.78. The van der Waals surface area contributed by atoms with E-state index in [1.54, 1.807) is 0 Å². The van der Waals surface area contributed by atoms with Crippen LogP contribution in [0.25, 0.3) is 0 Å². The van der Waals surface area contributed by atoms with Gasteiger partial charge in [-0.15, -0.1) is 0 Å². The number of halogens is 3. The minimum Gasteiger partial charge on any atom is -0.352 e. The van der Waals surface area contributed by atoms with Crippen molar-refractivity contribution < 1.29 is 18.0 Å². The smallest absolute Gasteiger partial charge is 0.352 e. The van der Waals surface area contributed by atoms with Crippen LogP contribution in [0.1, 0.15) is 31.4 Å². The first kappa shape index (κ1) is 15.8. The molecule has 1 aliphatic heterocycles. The molecule has 3 nitrogen and oxygen atoms in total. The van der Waals surface area contributed by atoms with E-state index in [0.29, 0.717) is 13.0 Å². The van der Waals surface area contributed by atoms with E-state index in [4.69, 9.17) is 0 Å². The molecule has 1 amide bonds. The van der Waals surface area contributed by atoms with E-state index in [9.17, 15) is 18.0 Å². The van der Waals surface area contributed by atoms with Gasteiger partial charge in [-0.2, -0.15) is 13.2 Å². The second-order valence-electron chi connectivity index (χ2n) is 5.43. The minimum absolute atomic E-state index is 0.190. The van der Waals surface area contributed by atoms with Crippen LogP contribution in [0.15, 0.2) is 30.3 Å². The molecule has 1 saturated heterocycles. The van der Waals surface area contributed by atoms with Crippen molar-refractivity contribution >= 4 is 5.91 Å². The molecule has 2 atom stereocenters. The van der Waals surface area contributed by atoms with Gasteiger partial charge in [0.15, 0.2) is 0 Å². The quantitative estimate of drug-likeness (QED) is 0.927. The number of carbonyl (C=O) groups is 1. The van der Waals surface area contributed by atoms with Crippen LogP contribution in [0, 0.1) is 0 Å². The highest BCUT2D eigenvalue weighted by molar-refractivity contribution is 5.76. The number of nitrogens with one attached hydrogen (secondary N) is 1. The molecular formula is C15H19F3N2O. The lowest BCUT2D eigenvalue weighted by atomic mass is 10.1. The van der Waals surface area contributed by atoms with Gasteiger partial charge in [0.2, 0.25) is 5.91 Å². The Morgan fingerprint density at radius 2 is 2.05 bits per heavy atom. The van der Waals surface area contributed by atoms with Crippen molar-refractivity contribution in [1.29, 1.82) is 0 Å². The highest BCUT2D eigenvalue weighted by Crippen LogP contribution is 2.25. The molecule has 1 aromatic rings. The number of benzene rings is 1. The van der Waals surface area contributed by atoms with E-state index in [2.05, 4.69) is 17.1 Å². The summed E-state index contributed by atoms with van der Waals surface area (Å²) in [5.74, 6) is -0.943. The first-order chi connectivity index (χ1) is 9.85. The summed E-state index contributed by atoms with van der Waals surface area (Å²) in [5, 5.41) is 2.47. The number of nitrogens with zero attached hydrogens (tertiary/aromatic N) is 1. The molecule has 1 aliphatic rings. The Balaban J connectivity index is 1.85. The molecule has 116 valence electrons. The average Bonchev–Trinajstić information content (AvgIpc) is 2.85. The summed E-state index contributed by atoms with van der Waals surface area (Å²) >= 11 is 0. The molecule has 1 heterocycles. The molecule has 1 aromatic carbocycles. The molecule has 0 unspecified atom stereocenters. The fraction of sp³-hybridized carbons (Fsp3) is 0.533. The van der Waals surface area contributed by atoms with Gasteiger partial charge in [-0.25, -0.2) is 0 Å². The van der Waals surface area contributed by atoms with Gasteiger partial charge in [0.1, 0.15) is 6.42 Å². The molecule has 0 radical (unpaired) electrons. The number of rotatable bonds is 4. The average molecular weight is 300 g/mol. The van der Waals surface area contributed by atoms with E-state index in [1.807, 2.05) is 30.3 Å². The fourth-order valence-corrected chi connectivity index (χ4v) is 2.66. The Kier molecular flexibility index (Phi) is 4.88. The molecule has 0 bridgehead atoms. The first-order valence-electron chi connectivity index (χ1n) is 7.00. The lowest BCUT2D eigenvalue weighted by molar-refractivity contribution is -0.154. The SMILES string of the molecule is C[C@@H](c1ccccc1)N1CC[C@H](NC(=O)CC(F)(F)F)C1. The van der Waals surface area contributed by atoms with Crippen LogP contribution in [0.3, 0.4) is 0 Å². The number of carbonyl (C=O) groups excluding carboxylic acids is 1. The summed E-state index contributed by atoms with van der Waals surface area (Å²) in [7, 11) is 0. The standard InChI is InChI=1S/C15H19F3N2O/c1-11(12-5-3-2-4-6-12)20-8-7-13(10-20)19-14(21)9-15(16,17)18/h2-6,11,13H,7-10H2,1H3,(H,19,21)/t11-,13-/m0/s1. The molecule has 0 aromatic heterocycles. The van der Waals surface area contributed by atoms with Crippen molar-refractivity contribution in [1.82, 2.24) is 10.2 Å². The van der Waals surface area contributed by atoms with Crippen molar-refractivity contribution in [2.24, 2.45) is 0 Å². The van der Waals surface area contributed by atoms with Gasteiger partial charge in [-0.1, -0.05) is 30.3 Å². The van der Waals surface area contributed by atoms with Gasteiger partial charge in [0.25, 0.3) is 0 Å². The Morgan fingerprint density at radius 1 is 1.38 bits per heavy atom. The predicted molar refractivity (Wildman–Crippen MR) is 73.6 cm³/mol. The third kappa shape index (κ3) is 4.74. The van der Waals surface area contributed by atoms with Crippen LogP contribution in [-0.4, -0.2) is 36.1 Å². The van der Waals surface area contributed by atoms with Gasteiger partial charge >= 0.3 is 6.18 Å². The Labute approximate surface area is 122 Å². The Morgan fingerprint density at radius 3 is 2.67 bits per heavy atom. The van der Waals surface area contributed by atoms with Gasteiger partial charge in [0.05, 0.1) is 0 Å². The van der Waals surface area contributed by atoms with Gasteiger partial charge in [-0.05, 0) is 18.9 Å². The summed E-state index contributed by atoms with van der Waals surface area (Å²) < 4.78 is 36.4. The van der Waals surface area contributed by atoms with Gasteiger partial charge in [0, 0.05) is 25.2 Å². The first-order valence-corrected chi connectivity index (χ1v) is 7.00. The highest BCUT2D eigenvalue weighted by atomic mass is 19.4. The predicted octanol–water partition coefficient (Wildman–Crippen LogP) is 2.89. The summed E-state index contributed by atoms with van der Waals surface area (Å²) in [6.07, 6.45) is -5.17. The van der Waals surface area contributed by atoms with Crippen LogP contribution >= 0.6 is 0 Å². The van der Waals surface area contributed by atoms with E-state index in [-0.39, 0.29) is 12.1 Å². The maximum absolute atomic E-state index is 12.1. The lowest BCUT2D eigenvalue weighted by Crippen LogP contribution is -2.39. The number of hydrogen-bond donors (Lipinski definition) is 1. The zero-order chi connectivity index (χ0) is 15.5. The van der Waals surface area contributed by atoms with E-state index in [0.717, 1.165) is 6.54 Å². The summed E-state index contributed by atoms with van der Waals surface area (Å²) in [4.78, 5) is 13.5. The number of likely N-dealkylation sites (tertiary alicyclic amines) is 1. The molecule has 1 fully saturated rings. The van der Waals surface area contributed by atoms with Crippen molar-refractivity contribution in [3.63, 3.8) is 0 Å². The fourth-order valence-electron chi connectivity index (χ4n) is 2.66. The number of alkyl halides is 3. The van der Waals surface area contributed by atoms with Gasteiger partial charge in [-0.3, -0.25) is 9.69 Å². The number of amides is 1.